The number of carbonyl (C=O) groups excluding carboxylic acids is 2. The van der Waals surface area contributed by atoms with Crippen LogP contribution in [-0.2, 0) is 25.9 Å². The molecule has 1 amide bonds. The molecule has 1 atom stereocenters. The number of ether oxygens (including phenoxy) is 1. The minimum atomic E-state index is -3.12. The van der Waals surface area contributed by atoms with Crippen LogP contribution < -0.4 is 0 Å². The van der Waals surface area contributed by atoms with Crippen molar-refractivity contribution in [1.29, 1.82) is 0 Å². The molecular weight excluding hydrogens is 408 g/mol. The summed E-state index contributed by atoms with van der Waals surface area (Å²) >= 11 is 0. The number of carbonyl (C=O) groups is 2. The fourth-order valence-electron chi connectivity index (χ4n) is 3.38. The number of esters is 1. The van der Waals surface area contributed by atoms with Gasteiger partial charge in [-0.15, -0.1) is 5.10 Å². The molecule has 0 radical (unpaired) electrons. The zero-order chi connectivity index (χ0) is 21.6. The number of rotatable bonds is 9. The van der Waals surface area contributed by atoms with Gasteiger partial charge in [0.1, 0.15) is 0 Å². The fourth-order valence-corrected chi connectivity index (χ4v) is 5.12. The maximum atomic E-state index is 12.6. The highest BCUT2D eigenvalue weighted by Crippen LogP contribution is 2.19. The van der Waals surface area contributed by atoms with Crippen molar-refractivity contribution in [3.63, 3.8) is 0 Å². The second-order valence-electron chi connectivity index (χ2n) is 7.36. The third-order valence-electron chi connectivity index (χ3n) is 4.98. The maximum Gasteiger partial charge on any atom is 0.361 e. The second-order valence-corrected chi connectivity index (χ2v) is 9.59. The van der Waals surface area contributed by atoms with Crippen LogP contribution in [0.15, 0.2) is 36.5 Å². The van der Waals surface area contributed by atoms with Gasteiger partial charge in [-0.25, -0.2) is 17.9 Å². The van der Waals surface area contributed by atoms with Gasteiger partial charge in [-0.3, -0.25) is 4.79 Å². The average molecular weight is 435 g/mol. The Morgan fingerprint density at radius 3 is 2.70 bits per heavy atom. The van der Waals surface area contributed by atoms with E-state index in [-0.39, 0.29) is 23.2 Å². The molecule has 1 aliphatic rings. The van der Waals surface area contributed by atoms with Crippen LogP contribution in [0, 0.1) is 0 Å². The first-order chi connectivity index (χ1) is 14.4. The number of unbranched alkanes of at least 4 members (excludes halogenated alkanes) is 1. The van der Waals surface area contributed by atoms with Crippen LogP contribution in [0.5, 0.6) is 0 Å². The Morgan fingerprint density at radius 1 is 1.27 bits per heavy atom. The highest BCUT2D eigenvalue weighted by Gasteiger charge is 2.34. The number of nitrogens with zero attached hydrogens (tertiary/aromatic N) is 4. The Balaban J connectivity index is 1.56. The molecule has 0 spiro atoms. The Morgan fingerprint density at radius 2 is 2.03 bits per heavy atom. The van der Waals surface area contributed by atoms with Crippen molar-refractivity contribution >= 4 is 21.7 Å². The van der Waals surface area contributed by atoms with Crippen molar-refractivity contribution in [2.24, 2.45) is 0 Å². The third kappa shape index (κ3) is 5.88. The van der Waals surface area contributed by atoms with Gasteiger partial charge in [0.05, 0.1) is 24.2 Å². The van der Waals surface area contributed by atoms with E-state index in [2.05, 4.69) is 10.3 Å². The normalized spacial score (nSPS) is 17.6. The molecule has 1 unspecified atom stereocenters. The second kappa shape index (κ2) is 9.84. The summed E-state index contributed by atoms with van der Waals surface area (Å²) < 4.78 is 30.2. The van der Waals surface area contributed by atoms with E-state index >= 15 is 0 Å². The summed E-state index contributed by atoms with van der Waals surface area (Å²) in [5, 5.41) is 7.73. The summed E-state index contributed by atoms with van der Waals surface area (Å²) in [6, 6.07) is 9.24. The lowest BCUT2D eigenvalue weighted by Crippen LogP contribution is -2.43. The zero-order valence-corrected chi connectivity index (χ0v) is 17.8. The molecule has 1 aliphatic heterocycles. The van der Waals surface area contributed by atoms with Crippen LogP contribution in [0.25, 0.3) is 0 Å². The quantitative estimate of drug-likeness (QED) is 0.547. The van der Waals surface area contributed by atoms with E-state index in [0.717, 1.165) is 18.4 Å². The van der Waals surface area contributed by atoms with Gasteiger partial charge in [0, 0.05) is 12.6 Å². The predicted octanol–water partition coefficient (Wildman–Crippen LogP) is 1.30. The molecular formula is C20H26N4O5S. The van der Waals surface area contributed by atoms with Crippen LogP contribution in [0.2, 0.25) is 0 Å². The summed E-state index contributed by atoms with van der Waals surface area (Å²) in [5.74, 6) is -1.09. The van der Waals surface area contributed by atoms with Crippen molar-refractivity contribution in [1.82, 2.24) is 19.9 Å². The maximum absolute atomic E-state index is 12.6. The zero-order valence-electron chi connectivity index (χ0n) is 16.9. The molecule has 0 N–H and O–H groups in total. The molecule has 1 saturated heterocycles. The topological polar surface area (TPSA) is 111 Å². The van der Waals surface area contributed by atoms with E-state index in [0.29, 0.717) is 19.5 Å². The molecule has 10 heteroatoms. The molecule has 2 aromatic rings. The smallest absolute Gasteiger partial charge is 0.361 e. The summed E-state index contributed by atoms with van der Waals surface area (Å²) in [4.78, 5) is 26.4. The van der Waals surface area contributed by atoms with Gasteiger partial charge in [0.15, 0.2) is 22.1 Å². The van der Waals surface area contributed by atoms with Gasteiger partial charge in [0.2, 0.25) is 0 Å². The van der Waals surface area contributed by atoms with E-state index in [9.17, 15) is 18.0 Å². The molecule has 1 fully saturated rings. The Bertz CT molecular complexity index is 974. The van der Waals surface area contributed by atoms with Crippen LogP contribution in [0.1, 0.15) is 42.2 Å². The Hall–Kier alpha value is -2.75. The number of amides is 1. The summed E-state index contributed by atoms with van der Waals surface area (Å²) in [6.45, 7) is 2.44. The molecule has 0 aliphatic carbocycles. The Kier molecular flexibility index (Phi) is 7.20. The first-order valence-corrected chi connectivity index (χ1v) is 11.8. The summed E-state index contributed by atoms with van der Waals surface area (Å²) in [7, 11) is -3.12. The third-order valence-corrected chi connectivity index (χ3v) is 6.73. The van der Waals surface area contributed by atoms with Crippen LogP contribution >= 0.6 is 0 Å². The monoisotopic (exact) mass is 434 g/mol. The molecule has 9 nitrogen and oxygen atoms in total. The molecule has 30 heavy (non-hydrogen) atoms. The molecule has 1 aromatic heterocycles. The number of benzene rings is 1. The summed E-state index contributed by atoms with van der Waals surface area (Å²) in [5.41, 5.74) is 1.03. The molecule has 3 rings (SSSR count). The molecule has 1 aromatic carbocycles. The lowest BCUT2D eigenvalue weighted by molar-refractivity contribution is -0.136. The predicted molar refractivity (Wildman–Crippen MR) is 110 cm³/mol. The molecule has 0 saturated carbocycles. The van der Waals surface area contributed by atoms with Gasteiger partial charge in [-0.05, 0) is 18.4 Å². The number of hydrogen-bond acceptors (Lipinski definition) is 7. The van der Waals surface area contributed by atoms with Crippen LogP contribution in [0.3, 0.4) is 0 Å². The van der Waals surface area contributed by atoms with Crippen LogP contribution in [0.4, 0.5) is 0 Å². The lowest BCUT2D eigenvalue weighted by atomic mass is 10.2. The van der Waals surface area contributed by atoms with E-state index in [1.165, 1.54) is 15.8 Å². The van der Waals surface area contributed by atoms with Crippen molar-refractivity contribution in [2.45, 2.75) is 38.8 Å². The lowest BCUT2D eigenvalue weighted by Gasteiger charge is -2.28. The van der Waals surface area contributed by atoms with E-state index in [1.54, 1.807) is 0 Å². The highest BCUT2D eigenvalue weighted by molar-refractivity contribution is 7.91. The van der Waals surface area contributed by atoms with E-state index in [4.69, 9.17) is 4.74 Å². The Labute approximate surface area is 175 Å². The molecule has 162 valence electrons. The average Bonchev–Trinajstić information content (AvgIpc) is 3.33. The first-order valence-electron chi connectivity index (χ1n) is 9.99. The van der Waals surface area contributed by atoms with Gasteiger partial charge in [-0.1, -0.05) is 48.9 Å². The van der Waals surface area contributed by atoms with Crippen molar-refractivity contribution in [3.8, 4) is 0 Å². The SMILES string of the molecule is CCCCN(C(=O)COC(=O)c1cn(Cc2ccccc2)nn1)C1CCS(=O)(=O)C1. The standard InChI is InChI=1S/C20H26N4O5S/c1-2-3-10-24(17-9-11-30(27,28)15-17)19(25)14-29-20(26)18-13-23(22-21-18)12-16-7-5-4-6-8-16/h4-8,13,17H,2-3,9-12,14-15H2,1H3. The van der Waals surface area contributed by atoms with E-state index < -0.39 is 28.3 Å². The summed E-state index contributed by atoms with van der Waals surface area (Å²) in [6.07, 6.45) is 3.51. The van der Waals surface area contributed by atoms with Gasteiger partial charge in [0.25, 0.3) is 5.91 Å². The number of hydrogen-bond donors (Lipinski definition) is 0. The fraction of sp³-hybridized carbons (Fsp3) is 0.500. The van der Waals surface area contributed by atoms with Crippen molar-refractivity contribution in [3.05, 3.63) is 47.8 Å². The molecule has 2 heterocycles. The largest absolute Gasteiger partial charge is 0.451 e. The van der Waals surface area contributed by atoms with Gasteiger partial charge < -0.3 is 9.64 Å². The van der Waals surface area contributed by atoms with Crippen LogP contribution in [-0.4, -0.2) is 70.9 Å². The minimum absolute atomic E-state index is 0.0160. The number of sulfone groups is 1. The van der Waals surface area contributed by atoms with Gasteiger partial charge >= 0.3 is 5.97 Å². The van der Waals surface area contributed by atoms with Crippen molar-refractivity contribution in [2.75, 3.05) is 24.7 Å². The first kappa shape index (κ1) is 21.9. The van der Waals surface area contributed by atoms with E-state index in [1.807, 2.05) is 37.3 Å². The molecule has 0 bridgehead atoms. The van der Waals surface area contributed by atoms with Crippen molar-refractivity contribution < 1.29 is 22.7 Å². The highest BCUT2D eigenvalue weighted by atomic mass is 32.2. The minimum Gasteiger partial charge on any atom is -0.451 e. The number of aromatic nitrogens is 3. The van der Waals surface area contributed by atoms with Gasteiger partial charge in [-0.2, -0.15) is 0 Å².